The fourth-order valence-electron chi connectivity index (χ4n) is 4.59. The maximum absolute atomic E-state index is 14.3. The van der Waals surface area contributed by atoms with Gasteiger partial charge in [-0.3, -0.25) is 9.59 Å². The summed E-state index contributed by atoms with van der Waals surface area (Å²) < 4.78 is 42.3. The summed E-state index contributed by atoms with van der Waals surface area (Å²) in [6.07, 6.45) is 3.37. The maximum atomic E-state index is 14.3. The van der Waals surface area contributed by atoms with Gasteiger partial charge < -0.3 is 21.7 Å². The molecule has 2 aromatic rings. The Morgan fingerprint density at radius 1 is 1.15 bits per heavy atom. The van der Waals surface area contributed by atoms with E-state index < -0.39 is 41.0 Å². The number of rotatable bonds is 5. The molecule has 0 saturated carbocycles. The molecule has 1 unspecified atom stereocenters. The van der Waals surface area contributed by atoms with Crippen LogP contribution in [0.4, 0.5) is 24.5 Å². The molecule has 6 nitrogen and oxygen atoms in total. The molecule has 2 aromatic carbocycles. The molecule has 0 spiro atoms. The molecule has 1 aliphatic heterocycles. The molecule has 0 radical (unpaired) electrons. The van der Waals surface area contributed by atoms with Gasteiger partial charge in [0.1, 0.15) is 17.3 Å². The summed E-state index contributed by atoms with van der Waals surface area (Å²) in [6, 6.07) is 4.11. The quantitative estimate of drug-likeness (QED) is 0.512. The van der Waals surface area contributed by atoms with Crippen LogP contribution < -0.4 is 21.7 Å². The van der Waals surface area contributed by atoms with Crippen LogP contribution in [0.2, 0.25) is 0 Å². The molecule has 176 valence electrons. The highest BCUT2D eigenvalue weighted by Crippen LogP contribution is 2.37. The van der Waals surface area contributed by atoms with Crippen molar-refractivity contribution in [3.63, 3.8) is 0 Å². The summed E-state index contributed by atoms with van der Waals surface area (Å²) in [6.45, 7) is 2.35. The smallest absolute Gasteiger partial charge is 0.241 e. The molecule has 2 aliphatic rings. The summed E-state index contributed by atoms with van der Waals surface area (Å²) in [5.74, 6) is -3.69. The molecule has 3 atom stereocenters. The van der Waals surface area contributed by atoms with Crippen molar-refractivity contribution >= 4 is 23.2 Å². The molecule has 1 fully saturated rings. The van der Waals surface area contributed by atoms with E-state index >= 15 is 0 Å². The Morgan fingerprint density at radius 3 is 2.67 bits per heavy atom. The van der Waals surface area contributed by atoms with Gasteiger partial charge in [-0.25, -0.2) is 13.2 Å². The van der Waals surface area contributed by atoms with Gasteiger partial charge in [0.2, 0.25) is 11.8 Å². The van der Waals surface area contributed by atoms with Gasteiger partial charge in [-0.2, -0.15) is 0 Å². The van der Waals surface area contributed by atoms with Crippen LogP contribution in [-0.2, 0) is 16.0 Å². The van der Waals surface area contributed by atoms with Crippen molar-refractivity contribution in [1.82, 2.24) is 10.6 Å². The number of fused-ring (bicyclic) bond motifs is 1. The summed E-state index contributed by atoms with van der Waals surface area (Å²) in [5, 5.41) is 8.78. The van der Waals surface area contributed by atoms with Crippen LogP contribution in [0.5, 0.6) is 0 Å². The third kappa shape index (κ3) is 4.68. The first kappa shape index (κ1) is 23.1. The van der Waals surface area contributed by atoms with Crippen LogP contribution >= 0.6 is 0 Å². The second-order valence-corrected chi connectivity index (χ2v) is 8.70. The lowest BCUT2D eigenvalue weighted by Gasteiger charge is -2.24. The summed E-state index contributed by atoms with van der Waals surface area (Å²) in [4.78, 5) is 25.7. The first-order valence-electron chi connectivity index (χ1n) is 11.2. The largest absolute Gasteiger partial charge is 0.394 e. The Labute approximate surface area is 190 Å². The number of hydrogen-bond acceptors (Lipinski definition) is 4. The number of carbonyl (C=O) groups excluding carboxylic acids is 2. The van der Waals surface area contributed by atoms with Crippen LogP contribution in [0.25, 0.3) is 0 Å². The number of piperidine rings is 1. The minimum Gasteiger partial charge on any atom is -0.394 e. The van der Waals surface area contributed by atoms with Crippen molar-refractivity contribution in [1.29, 1.82) is 0 Å². The van der Waals surface area contributed by atoms with Crippen LogP contribution in [0, 0.1) is 17.5 Å². The van der Waals surface area contributed by atoms with E-state index in [0.29, 0.717) is 41.6 Å². The standard InChI is InChI=1S/C24H27F3N4O2/c1-12(23(32)30-19-8-6-14-16(19)11-17(26)22(28)21(14)27)15-10-13(25)5-7-18(15)31-24(33)20-4-2-3-9-29-20/h5,7,10-12,19-20,29H,2-4,6,8-9,28H2,1H3,(H,30,32)(H,31,33)/t12-,19-,20?/m0/s1. The molecular weight excluding hydrogens is 433 g/mol. The minimum absolute atomic E-state index is 0.233. The lowest BCUT2D eigenvalue weighted by molar-refractivity contribution is -0.123. The van der Waals surface area contributed by atoms with E-state index in [-0.39, 0.29) is 11.9 Å². The molecular formula is C24H27F3N4O2. The minimum atomic E-state index is -0.869. The normalized spacial score (nSPS) is 20.7. The zero-order chi connectivity index (χ0) is 23.7. The van der Waals surface area contributed by atoms with Crippen LogP contribution in [0.3, 0.4) is 0 Å². The summed E-state index contributed by atoms with van der Waals surface area (Å²) in [5.41, 5.74) is 6.24. The van der Waals surface area contributed by atoms with Gasteiger partial charge in [-0.05, 0) is 80.1 Å². The van der Waals surface area contributed by atoms with E-state index in [9.17, 15) is 22.8 Å². The van der Waals surface area contributed by atoms with E-state index in [0.717, 1.165) is 25.5 Å². The monoisotopic (exact) mass is 460 g/mol. The number of nitrogens with two attached hydrogens (primary N) is 1. The fourth-order valence-corrected chi connectivity index (χ4v) is 4.59. The molecule has 0 bridgehead atoms. The number of amides is 2. The van der Waals surface area contributed by atoms with Gasteiger partial charge in [0.25, 0.3) is 0 Å². The average Bonchev–Trinajstić information content (AvgIpc) is 3.20. The number of halogens is 3. The van der Waals surface area contributed by atoms with E-state index in [4.69, 9.17) is 5.73 Å². The second kappa shape index (κ2) is 9.43. The highest BCUT2D eigenvalue weighted by atomic mass is 19.1. The van der Waals surface area contributed by atoms with E-state index in [1.165, 1.54) is 18.2 Å². The number of nitrogen functional groups attached to an aromatic ring is 1. The molecule has 2 amide bonds. The second-order valence-electron chi connectivity index (χ2n) is 8.70. The molecule has 5 N–H and O–H groups in total. The predicted molar refractivity (Wildman–Crippen MR) is 119 cm³/mol. The van der Waals surface area contributed by atoms with E-state index in [1.807, 2.05) is 0 Å². The van der Waals surface area contributed by atoms with Crippen molar-refractivity contribution < 1.29 is 22.8 Å². The Bertz CT molecular complexity index is 1090. The van der Waals surface area contributed by atoms with Gasteiger partial charge in [0.05, 0.1) is 18.0 Å². The molecule has 1 saturated heterocycles. The highest BCUT2D eigenvalue weighted by molar-refractivity contribution is 5.97. The molecule has 0 aromatic heterocycles. The van der Waals surface area contributed by atoms with Crippen molar-refractivity contribution in [2.75, 3.05) is 17.6 Å². The summed E-state index contributed by atoms with van der Waals surface area (Å²) >= 11 is 0. The number of anilines is 2. The zero-order valence-electron chi connectivity index (χ0n) is 18.3. The third-order valence-corrected chi connectivity index (χ3v) is 6.52. The van der Waals surface area contributed by atoms with Gasteiger partial charge in [0.15, 0.2) is 5.82 Å². The molecule has 1 aliphatic carbocycles. The Kier molecular flexibility index (Phi) is 6.60. The number of benzene rings is 2. The zero-order valence-corrected chi connectivity index (χ0v) is 18.3. The molecule has 1 heterocycles. The predicted octanol–water partition coefficient (Wildman–Crippen LogP) is 3.67. The van der Waals surface area contributed by atoms with Crippen LogP contribution in [0.1, 0.15) is 61.3 Å². The number of hydrogen-bond donors (Lipinski definition) is 4. The van der Waals surface area contributed by atoms with Gasteiger partial charge >= 0.3 is 0 Å². The van der Waals surface area contributed by atoms with Crippen LogP contribution in [-0.4, -0.2) is 24.4 Å². The fraction of sp³-hybridized carbons (Fsp3) is 0.417. The highest BCUT2D eigenvalue weighted by Gasteiger charge is 2.31. The SMILES string of the molecule is C[C@H](C(=O)N[C@H]1CCc2c1cc(F)c(N)c2F)c1cc(F)ccc1NC(=O)C1CCCCN1. The van der Waals surface area contributed by atoms with E-state index in [2.05, 4.69) is 16.0 Å². The average molecular weight is 461 g/mol. The van der Waals surface area contributed by atoms with Crippen molar-refractivity contribution in [3.05, 3.63) is 58.4 Å². The Morgan fingerprint density at radius 2 is 1.94 bits per heavy atom. The molecule has 33 heavy (non-hydrogen) atoms. The molecule has 4 rings (SSSR count). The lowest BCUT2D eigenvalue weighted by atomic mass is 9.96. The topological polar surface area (TPSA) is 96.2 Å². The van der Waals surface area contributed by atoms with Crippen molar-refractivity contribution in [3.8, 4) is 0 Å². The lowest BCUT2D eigenvalue weighted by Crippen LogP contribution is -2.43. The first-order valence-corrected chi connectivity index (χ1v) is 11.2. The molecule has 9 heteroatoms. The van der Waals surface area contributed by atoms with Crippen molar-refractivity contribution in [2.45, 2.75) is 57.0 Å². The number of nitrogens with one attached hydrogen (secondary N) is 3. The van der Waals surface area contributed by atoms with Gasteiger partial charge in [-0.15, -0.1) is 0 Å². The number of carbonyl (C=O) groups is 2. The first-order chi connectivity index (χ1) is 15.8. The Balaban J connectivity index is 1.52. The maximum Gasteiger partial charge on any atom is 0.241 e. The van der Waals surface area contributed by atoms with E-state index in [1.54, 1.807) is 6.92 Å². The van der Waals surface area contributed by atoms with Gasteiger partial charge in [-0.1, -0.05) is 6.42 Å². The van der Waals surface area contributed by atoms with Crippen molar-refractivity contribution in [2.24, 2.45) is 0 Å². The van der Waals surface area contributed by atoms with Gasteiger partial charge in [0, 0.05) is 5.69 Å². The van der Waals surface area contributed by atoms with Crippen LogP contribution in [0.15, 0.2) is 24.3 Å². The Hall–Kier alpha value is -3.07. The third-order valence-electron chi connectivity index (χ3n) is 6.52. The summed E-state index contributed by atoms with van der Waals surface area (Å²) in [7, 11) is 0.